The van der Waals surface area contributed by atoms with Gasteiger partial charge in [0.05, 0.1) is 4.92 Å². The number of ether oxygens (including phenoxy) is 1. The summed E-state index contributed by atoms with van der Waals surface area (Å²) < 4.78 is 5.84. The Kier molecular flexibility index (Phi) is 5.27. The molecule has 2 aromatic rings. The number of benzene rings is 2. The average molecular weight is 298 g/mol. The first kappa shape index (κ1) is 15.7. The third-order valence-corrected chi connectivity index (χ3v) is 2.98. The van der Waals surface area contributed by atoms with Crippen LogP contribution in [0, 0.1) is 10.1 Å². The van der Waals surface area contributed by atoms with E-state index in [0.29, 0.717) is 12.3 Å². The Bertz CT molecular complexity index is 667. The highest BCUT2D eigenvalue weighted by Gasteiger charge is 2.16. The number of hydrogen-bond acceptors (Lipinski definition) is 4. The van der Waals surface area contributed by atoms with Crippen LogP contribution in [-0.2, 0) is 0 Å². The highest BCUT2D eigenvalue weighted by molar-refractivity contribution is 5.64. The number of hydrogen-bond donors (Lipinski definition) is 0. The van der Waals surface area contributed by atoms with Crippen LogP contribution in [-0.4, -0.2) is 30.5 Å². The molecule has 114 valence electrons. The number of nitro groups is 1. The van der Waals surface area contributed by atoms with E-state index in [9.17, 15) is 10.1 Å². The van der Waals surface area contributed by atoms with Crippen LogP contribution in [0.15, 0.2) is 60.7 Å². The molecule has 0 aliphatic rings. The van der Waals surface area contributed by atoms with Gasteiger partial charge >= 0.3 is 5.69 Å². The first-order chi connectivity index (χ1) is 10.6. The lowest BCUT2D eigenvalue weighted by Crippen LogP contribution is -2.12. The van der Waals surface area contributed by atoms with E-state index < -0.39 is 4.92 Å². The van der Waals surface area contributed by atoms with Crippen LogP contribution < -0.4 is 4.74 Å². The lowest BCUT2D eigenvalue weighted by Gasteiger charge is -2.12. The minimum Gasteiger partial charge on any atom is -0.450 e. The van der Waals surface area contributed by atoms with Gasteiger partial charge in [-0.25, -0.2) is 0 Å². The van der Waals surface area contributed by atoms with Crippen molar-refractivity contribution in [1.29, 1.82) is 0 Å². The normalized spacial score (nSPS) is 11.5. The van der Waals surface area contributed by atoms with Crippen molar-refractivity contribution in [1.82, 2.24) is 4.90 Å². The van der Waals surface area contributed by atoms with Crippen molar-refractivity contribution in [3.63, 3.8) is 0 Å². The molecule has 0 atom stereocenters. The predicted molar refractivity (Wildman–Crippen MR) is 86.7 cm³/mol. The zero-order valence-electron chi connectivity index (χ0n) is 12.6. The maximum Gasteiger partial charge on any atom is 0.311 e. The van der Waals surface area contributed by atoms with E-state index in [-0.39, 0.29) is 11.4 Å². The lowest BCUT2D eigenvalue weighted by molar-refractivity contribution is -0.385. The number of likely N-dealkylation sites (N-methyl/N-ethyl adjacent to an activating group) is 1. The summed E-state index contributed by atoms with van der Waals surface area (Å²) in [6.07, 6.45) is 1.91. The van der Waals surface area contributed by atoms with Crippen molar-refractivity contribution in [3.05, 3.63) is 76.4 Å². The van der Waals surface area contributed by atoms with E-state index in [1.165, 1.54) is 6.07 Å². The Balaban J connectivity index is 2.35. The predicted octanol–water partition coefficient (Wildman–Crippen LogP) is 3.58. The summed E-state index contributed by atoms with van der Waals surface area (Å²) in [4.78, 5) is 12.7. The Morgan fingerprint density at radius 3 is 2.41 bits per heavy atom. The third kappa shape index (κ3) is 4.17. The van der Waals surface area contributed by atoms with Crippen molar-refractivity contribution >= 4 is 11.4 Å². The molecule has 0 aromatic heterocycles. The van der Waals surface area contributed by atoms with Crippen LogP contribution in [0.3, 0.4) is 0 Å². The van der Waals surface area contributed by atoms with Gasteiger partial charge in [-0.2, -0.15) is 0 Å². The second-order valence-electron chi connectivity index (χ2n) is 5.02. The zero-order chi connectivity index (χ0) is 15.9. The van der Waals surface area contributed by atoms with Crippen molar-refractivity contribution in [2.24, 2.45) is 0 Å². The minimum absolute atomic E-state index is 0.0471. The molecule has 0 amide bonds. The summed E-state index contributed by atoms with van der Waals surface area (Å²) in [5.41, 5.74) is 0.830. The molecule has 0 heterocycles. The van der Waals surface area contributed by atoms with Crippen LogP contribution in [0.4, 0.5) is 5.69 Å². The highest BCUT2D eigenvalue weighted by atomic mass is 16.6. The smallest absolute Gasteiger partial charge is 0.311 e. The Labute approximate surface area is 129 Å². The molecule has 0 fully saturated rings. The number of nitro benzene ring substituents is 1. The summed E-state index contributed by atoms with van der Waals surface area (Å²) in [5.74, 6) is 0.838. The topological polar surface area (TPSA) is 55.6 Å². The van der Waals surface area contributed by atoms with Gasteiger partial charge in [0, 0.05) is 18.2 Å². The number of rotatable bonds is 6. The standard InChI is InChI=1S/C17H18N2O3/c1-18(2)13-12-16(14-8-4-3-5-9-14)22-17-11-7-6-10-15(17)19(20)21/h3-12H,13H2,1-2H3. The second kappa shape index (κ2) is 7.38. The molecule has 0 radical (unpaired) electrons. The van der Waals surface area contributed by atoms with Gasteiger partial charge in [-0.15, -0.1) is 0 Å². The van der Waals surface area contributed by atoms with Gasteiger partial charge in [-0.1, -0.05) is 42.5 Å². The molecule has 5 nitrogen and oxygen atoms in total. The molecule has 0 spiro atoms. The summed E-state index contributed by atoms with van der Waals surface area (Å²) in [7, 11) is 3.90. The summed E-state index contributed by atoms with van der Waals surface area (Å²) in [6.45, 7) is 0.671. The first-order valence-electron chi connectivity index (χ1n) is 6.89. The van der Waals surface area contributed by atoms with Crippen LogP contribution in [0.2, 0.25) is 0 Å². The van der Waals surface area contributed by atoms with Crippen LogP contribution >= 0.6 is 0 Å². The van der Waals surface area contributed by atoms with Gasteiger partial charge in [0.2, 0.25) is 5.75 Å². The van der Waals surface area contributed by atoms with E-state index >= 15 is 0 Å². The van der Waals surface area contributed by atoms with E-state index in [4.69, 9.17) is 4.74 Å². The van der Waals surface area contributed by atoms with E-state index in [2.05, 4.69) is 0 Å². The Morgan fingerprint density at radius 1 is 1.14 bits per heavy atom. The summed E-state index contributed by atoms with van der Waals surface area (Å²) >= 11 is 0. The lowest BCUT2D eigenvalue weighted by atomic mass is 10.1. The van der Waals surface area contributed by atoms with Gasteiger partial charge in [0.1, 0.15) is 5.76 Å². The van der Waals surface area contributed by atoms with Gasteiger partial charge in [0.25, 0.3) is 0 Å². The Hall–Kier alpha value is -2.66. The fraction of sp³-hybridized carbons (Fsp3) is 0.176. The molecule has 0 saturated heterocycles. The molecule has 2 rings (SSSR count). The molecule has 0 saturated carbocycles. The van der Waals surface area contributed by atoms with Gasteiger partial charge < -0.3 is 9.64 Å². The van der Waals surface area contributed by atoms with Crippen LogP contribution in [0.25, 0.3) is 5.76 Å². The number of nitrogens with zero attached hydrogens (tertiary/aromatic N) is 2. The molecule has 0 unspecified atom stereocenters. The molecule has 2 aromatic carbocycles. The maximum absolute atomic E-state index is 11.1. The van der Waals surface area contributed by atoms with E-state index in [1.807, 2.05) is 55.4 Å². The average Bonchev–Trinajstić information content (AvgIpc) is 2.52. The monoisotopic (exact) mass is 298 g/mol. The third-order valence-electron chi connectivity index (χ3n) is 2.98. The van der Waals surface area contributed by atoms with Gasteiger partial charge in [-0.05, 0) is 26.2 Å². The SMILES string of the molecule is CN(C)CC=C(Oc1ccccc1[N+](=O)[O-])c1ccccc1. The van der Waals surface area contributed by atoms with Crippen LogP contribution in [0.5, 0.6) is 5.75 Å². The van der Waals surface area contributed by atoms with Crippen molar-refractivity contribution < 1.29 is 9.66 Å². The van der Waals surface area contributed by atoms with Crippen molar-refractivity contribution in [2.75, 3.05) is 20.6 Å². The maximum atomic E-state index is 11.1. The molecular weight excluding hydrogens is 280 g/mol. The fourth-order valence-electron chi connectivity index (χ4n) is 1.90. The first-order valence-corrected chi connectivity index (χ1v) is 6.89. The van der Waals surface area contributed by atoms with E-state index in [0.717, 1.165) is 5.56 Å². The van der Waals surface area contributed by atoms with Crippen molar-refractivity contribution in [2.45, 2.75) is 0 Å². The van der Waals surface area contributed by atoms with Gasteiger partial charge in [0.15, 0.2) is 0 Å². The molecule has 5 heteroatoms. The highest BCUT2D eigenvalue weighted by Crippen LogP contribution is 2.30. The molecule has 0 aliphatic carbocycles. The molecule has 22 heavy (non-hydrogen) atoms. The largest absolute Gasteiger partial charge is 0.450 e. The molecule has 0 bridgehead atoms. The zero-order valence-corrected chi connectivity index (χ0v) is 12.6. The van der Waals surface area contributed by atoms with E-state index in [1.54, 1.807) is 18.2 Å². The molecular formula is C17H18N2O3. The Morgan fingerprint density at radius 2 is 1.77 bits per heavy atom. The number of para-hydroxylation sites is 2. The van der Waals surface area contributed by atoms with Crippen LogP contribution in [0.1, 0.15) is 5.56 Å². The van der Waals surface area contributed by atoms with Crippen molar-refractivity contribution in [3.8, 4) is 5.75 Å². The molecule has 0 N–H and O–H groups in total. The summed E-state index contributed by atoms with van der Waals surface area (Å²) in [5, 5.41) is 11.1. The minimum atomic E-state index is -0.441. The second-order valence-corrected chi connectivity index (χ2v) is 5.02. The van der Waals surface area contributed by atoms with Gasteiger partial charge in [-0.3, -0.25) is 10.1 Å². The summed E-state index contributed by atoms with van der Waals surface area (Å²) in [6, 6.07) is 15.9. The quantitative estimate of drug-likeness (QED) is 0.465. The fourth-order valence-corrected chi connectivity index (χ4v) is 1.90. The molecule has 0 aliphatic heterocycles.